The zero-order chi connectivity index (χ0) is 14.4. The first kappa shape index (κ1) is 22.1. The molecule has 0 unspecified atom stereocenters. The van der Waals surface area contributed by atoms with Gasteiger partial charge in [-0.2, -0.15) is 0 Å². The van der Waals surface area contributed by atoms with Crippen molar-refractivity contribution in [1.82, 2.24) is 10.2 Å². The van der Waals surface area contributed by atoms with Crippen molar-refractivity contribution in [3.05, 3.63) is 34.1 Å². The number of hydrogen-bond donors (Lipinski definition) is 1. The normalized spacial score (nSPS) is 16.5. The molecule has 128 valence electrons. The van der Waals surface area contributed by atoms with Gasteiger partial charge in [0.25, 0.3) is 0 Å². The maximum Gasteiger partial charge on any atom is 0.124 e. The molecule has 6 heteroatoms. The van der Waals surface area contributed by atoms with Gasteiger partial charge in [0, 0.05) is 36.7 Å². The van der Waals surface area contributed by atoms with Crippen LogP contribution in [0, 0.1) is 5.82 Å². The van der Waals surface area contributed by atoms with Crippen LogP contribution in [-0.2, 0) is 0 Å². The third-order valence-corrected chi connectivity index (χ3v) is 4.40. The molecular weight excluding hydrogens is 390 g/mol. The van der Waals surface area contributed by atoms with Crippen LogP contribution in [0.15, 0.2) is 22.7 Å². The Hall–Kier alpha value is 0.130. The van der Waals surface area contributed by atoms with Gasteiger partial charge in [0.15, 0.2) is 0 Å². The van der Waals surface area contributed by atoms with E-state index in [0.29, 0.717) is 6.04 Å². The van der Waals surface area contributed by atoms with E-state index in [1.165, 1.54) is 25.3 Å². The molecule has 22 heavy (non-hydrogen) atoms. The molecule has 0 saturated carbocycles. The minimum absolute atomic E-state index is 0. The van der Waals surface area contributed by atoms with Crippen LogP contribution in [0.2, 0.25) is 0 Å². The number of rotatable bonds is 6. The summed E-state index contributed by atoms with van der Waals surface area (Å²) in [6, 6.07) is 5.64. The monoisotopic (exact) mass is 414 g/mol. The van der Waals surface area contributed by atoms with E-state index in [0.717, 1.165) is 42.6 Å². The molecule has 2 rings (SSSR count). The fourth-order valence-electron chi connectivity index (χ4n) is 2.91. The van der Waals surface area contributed by atoms with E-state index >= 15 is 0 Å². The van der Waals surface area contributed by atoms with Crippen LogP contribution in [-0.4, -0.2) is 31.1 Å². The standard InChI is InChI=1S/C16H24BrFN2.2ClH/c1-2-3-4-5-16(20-8-6-19-7-9-20)13-10-14(17)12-15(18)11-13;;/h10-12,16,19H,2-9H2,1H3;2*1H/t16-;;/m0../s1. The average Bonchev–Trinajstić information content (AvgIpc) is 2.43. The van der Waals surface area contributed by atoms with Gasteiger partial charge in [-0.25, -0.2) is 4.39 Å². The first-order chi connectivity index (χ1) is 9.70. The molecule has 2 nitrogen and oxygen atoms in total. The molecule has 0 aromatic heterocycles. The summed E-state index contributed by atoms with van der Waals surface area (Å²) in [4.78, 5) is 2.49. The van der Waals surface area contributed by atoms with E-state index in [-0.39, 0.29) is 30.6 Å². The fourth-order valence-corrected chi connectivity index (χ4v) is 3.39. The molecule has 0 spiro atoms. The second-order valence-corrected chi connectivity index (χ2v) is 6.42. The number of halogens is 4. The zero-order valence-corrected chi connectivity index (χ0v) is 16.2. The second kappa shape index (κ2) is 11.6. The van der Waals surface area contributed by atoms with Gasteiger partial charge in [0.05, 0.1) is 0 Å². The summed E-state index contributed by atoms with van der Waals surface area (Å²) in [6.45, 7) is 6.37. The van der Waals surface area contributed by atoms with Gasteiger partial charge < -0.3 is 5.32 Å². The van der Waals surface area contributed by atoms with Crippen molar-refractivity contribution in [2.45, 2.75) is 38.6 Å². The molecule has 0 amide bonds. The predicted molar refractivity (Wildman–Crippen MR) is 99.9 cm³/mol. The number of nitrogens with zero attached hydrogens (tertiary/aromatic N) is 1. The smallest absolute Gasteiger partial charge is 0.124 e. The van der Waals surface area contributed by atoms with Crippen LogP contribution in [0.1, 0.15) is 44.2 Å². The first-order valence-corrected chi connectivity index (χ1v) is 8.40. The lowest BCUT2D eigenvalue weighted by atomic mass is 9.98. The maximum absolute atomic E-state index is 13.7. The Morgan fingerprint density at radius 3 is 2.45 bits per heavy atom. The minimum atomic E-state index is -0.148. The number of nitrogens with one attached hydrogen (secondary N) is 1. The Morgan fingerprint density at radius 2 is 1.86 bits per heavy atom. The van der Waals surface area contributed by atoms with Crippen LogP contribution in [0.5, 0.6) is 0 Å². The van der Waals surface area contributed by atoms with Crippen molar-refractivity contribution in [3.8, 4) is 0 Å². The minimum Gasteiger partial charge on any atom is -0.314 e. The lowest BCUT2D eigenvalue weighted by Gasteiger charge is -2.35. The third kappa shape index (κ3) is 6.71. The summed E-state index contributed by atoms with van der Waals surface area (Å²) in [7, 11) is 0. The second-order valence-electron chi connectivity index (χ2n) is 5.50. The van der Waals surface area contributed by atoms with E-state index in [4.69, 9.17) is 0 Å². The Morgan fingerprint density at radius 1 is 1.18 bits per heavy atom. The lowest BCUT2D eigenvalue weighted by Crippen LogP contribution is -2.45. The molecule has 1 saturated heterocycles. The van der Waals surface area contributed by atoms with E-state index < -0.39 is 0 Å². The van der Waals surface area contributed by atoms with Crippen molar-refractivity contribution in [2.75, 3.05) is 26.2 Å². The quantitative estimate of drug-likeness (QED) is 0.660. The van der Waals surface area contributed by atoms with E-state index in [1.54, 1.807) is 6.07 Å². The molecule has 1 fully saturated rings. The third-order valence-electron chi connectivity index (χ3n) is 3.94. The summed E-state index contributed by atoms with van der Waals surface area (Å²) >= 11 is 3.42. The van der Waals surface area contributed by atoms with Crippen molar-refractivity contribution >= 4 is 40.7 Å². The van der Waals surface area contributed by atoms with Crippen molar-refractivity contribution < 1.29 is 4.39 Å². The predicted octanol–water partition coefficient (Wildman–Crippen LogP) is 4.96. The van der Waals surface area contributed by atoms with E-state index in [2.05, 4.69) is 39.1 Å². The first-order valence-electron chi connectivity index (χ1n) is 7.61. The highest BCUT2D eigenvalue weighted by molar-refractivity contribution is 9.10. The fraction of sp³-hybridized carbons (Fsp3) is 0.625. The number of benzene rings is 1. The van der Waals surface area contributed by atoms with Gasteiger partial charge in [-0.15, -0.1) is 24.8 Å². The van der Waals surface area contributed by atoms with Crippen molar-refractivity contribution in [3.63, 3.8) is 0 Å². The van der Waals surface area contributed by atoms with Gasteiger partial charge >= 0.3 is 0 Å². The van der Waals surface area contributed by atoms with Crippen LogP contribution in [0.3, 0.4) is 0 Å². The Kier molecular flexibility index (Phi) is 11.7. The topological polar surface area (TPSA) is 15.3 Å². The van der Waals surface area contributed by atoms with Crippen LogP contribution in [0.25, 0.3) is 0 Å². The SMILES string of the molecule is CCCCC[C@@H](c1cc(F)cc(Br)c1)N1CCNCC1.Cl.Cl. The summed E-state index contributed by atoms with van der Waals surface area (Å²) < 4.78 is 14.5. The molecule has 1 N–H and O–H groups in total. The molecule has 0 bridgehead atoms. The van der Waals surface area contributed by atoms with Gasteiger partial charge in [-0.1, -0.05) is 42.1 Å². The molecule has 0 aliphatic carbocycles. The molecule has 1 aliphatic rings. The van der Waals surface area contributed by atoms with E-state index in [9.17, 15) is 4.39 Å². The van der Waals surface area contributed by atoms with Gasteiger partial charge in [0.1, 0.15) is 5.82 Å². The maximum atomic E-state index is 13.7. The molecule has 1 heterocycles. The largest absolute Gasteiger partial charge is 0.314 e. The highest BCUT2D eigenvalue weighted by Crippen LogP contribution is 2.29. The van der Waals surface area contributed by atoms with E-state index in [1.807, 2.05) is 0 Å². The average molecular weight is 416 g/mol. The summed E-state index contributed by atoms with van der Waals surface area (Å²) in [5.41, 5.74) is 1.11. The number of hydrogen-bond acceptors (Lipinski definition) is 2. The van der Waals surface area contributed by atoms with Crippen LogP contribution in [0.4, 0.5) is 4.39 Å². The van der Waals surface area contributed by atoms with Gasteiger partial charge in [-0.3, -0.25) is 4.90 Å². The molecule has 1 atom stereocenters. The Balaban J connectivity index is 0.00000220. The Labute approximate surface area is 154 Å². The highest BCUT2D eigenvalue weighted by atomic mass is 79.9. The molecule has 1 aliphatic heterocycles. The van der Waals surface area contributed by atoms with Crippen LogP contribution >= 0.6 is 40.7 Å². The highest BCUT2D eigenvalue weighted by Gasteiger charge is 2.22. The molecule has 1 aromatic carbocycles. The van der Waals surface area contributed by atoms with Crippen LogP contribution < -0.4 is 5.32 Å². The molecular formula is C16H26BrCl2FN2. The van der Waals surface area contributed by atoms with Gasteiger partial charge in [-0.05, 0) is 30.2 Å². The molecule has 0 radical (unpaired) electrons. The Bertz CT molecular complexity index is 408. The molecule has 1 aromatic rings. The summed E-state index contributed by atoms with van der Waals surface area (Å²) in [5.74, 6) is -0.148. The number of piperazine rings is 1. The lowest BCUT2D eigenvalue weighted by molar-refractivity contribution is 0.162. The van der Waals surface area contributed by atoms with Crippen molar-refractivity contribution in [2.24, 2.45) is 0 Å². The van der Waals surface area contributed by atoms with Crippen molar-refractivity contribution in [1.29, 1.82) is 0 Å². The van der Waals surface area contributed by atoms with Gasteiger partial charge in [0.2, 0.25) is 0 Å². The number of unbranched alkanes of at least 4 members (excludes halogenated alkanes) is 2. The summed E-state index contributed by atoms with van der Waals surface area (Å²) in [5, 5.41) is 3.39. The summed E-state index contributed by atoms with van der Waals surface area (Å²) in [6.07, 6.45) is 4.79. The zero-order valence-electron chi connectivity index (χ0n) is 13.0.